The lowest BCUT2D eigenvalue weighted by Gasteiger charge is -2.09. The van der Waals surface area contributed by atoms with Crippen molar-refractivity contribution in [2.24, 2.45) is 0 Å². The van der Waals surface area contributed by atoms with E-state index in [0.29, 0.717) is 13.2 Å². The van der Waals surface area contributed by atoms with Gasteiger partial charge >= 0.3 is 8.60 Å². The second-order valence-corrected chi connectivity index (χ2v) is 3.89. The Labute approximate surface area is 97.7 Å². The van der Waals surface area contributed by atoms with Crippen LogP contribution in [0.3, 0.4) is 0 Å². The number of benzene rings is 1. The van der Waals surface area contributed by atoms with Crippen LogP contribution in [0.25, 0.3) is 0 Å². The maximum absolute atomic E-state index is 5.24. The predicted molar refractivity (Wildman–Crippen MR) is 64.6 cm³/mol. The molecule has 0 N–H and O–H groups in total. The molecule has 0 bridgehead atoms. The zero-order valence-electron chi connectivity index (χ0n) is 9.47. The van der Waals surface area contributed by atoms with Crippen molar-refractivity contribution >= 4 is 8.60 Å². The van der Waals surface area contributed by atoms with Gasteiger partial charge in [0.2, 0.25) is 0 Å². The first kappa shape index (κ1) is 13.0. The molecule has 0 saturated heterocycles. The molecule has 0 amide bonds. The van der Waals surface area contributed by atoms with Gasteiger partial charge in [-0.25, -0.2) is 0 Å². The van der Waals surface area contributed by atoms with E-state index in [1.54, 1.807) is 0 Å². The average Bonchev–Trinajstić information content (AvgIpc) is 2.31. The Kier molecular flexibility index (Phi) is 6.60. The lowest BCUT2D eigenvalue weighted by molar-refractivity contribution is 0.213. The topological polar surface area (TPSA) is 27.7 Å². The highest BCUT2D eigenvalue weighted by atomic mass is 31.2. The molecule has 0 unspecified atom stereocenters. The van der Waals surface area contributed by atoms with Crippen LogP contribution in [0.4, 0.5) is 0 Å². The highest BCUT2D eigenvalue weighted by Crippen LogP contribution is 2.38. The van der Waals surface area contributed by atoms with E-state index < -0.39 is 8.60 Å². The summed E-state index contributed by atoms with van der Waals surface area (Å²) >= 11 is 0. The van der Waals surface area contributed by atoms with Gasteiger partial charge in [0.05, 0.1) is 13.2 Å². The Morgan fingerprint density at radius 2 is 1.69 bits per heavy atom. The molecule has 1 rings (SSSR count). The highest BCUT2D eigenvalue weighted by Gasteiger charge is 2.09. The van der Waals surface area contributed by atoms with E-state index >= 15 is 0 Å². The molecular weight excluding hydrogens is 223 g/mol. The zero-order valence-corrected chi connectivity index (χ0v) is 10.4. The van der Waals surface area contributed by atoms with Crippen LogP contribution < -0.4 is 0 Å². The fourth-order valence-electron chi connectivity index (χ4n) is 0.941. The normalized spacial score (nSPS) is 9.69. The fourth-order valence-corrected chi connectivity index (χ4v) is 1.66. The second kappa shape index (κ2) is 8.13. The summed E-state index contributed by atoms with van der Waals surface area (Å²) in [6.45, 7) is 4.89. The van der Waals surface area contributed by atoms with E-state index in [-0.39, 0.29) is 0 Å². The van der Waals surface area contributed by atoms with E-state index in [2.05, 4.69) is 12.0 Å². The first-order chi connectivity index (χ1) is 7.86. The Bertz CT molecular complexity index is 336. The van der Waals surface area contributed by atoms with Gasteiger partial charge in [0, 0.05) is 5.56 Å². The molecule has 1 aromatic carbocycles. The van der Waals surface area contributed by atoms with Gasteiger partial charge in [-0.2, -0.15) is 0 Å². The van der Waals surface area contributed by atoms with Crippen LogP contribution in [0.5, 0.6) is 0 Å². The molecule has 0 radical (unpaired) electrons. The minimum Gasteiger partial charge on any atom is -0.373 e. The molecule has 0 aliphatic carbocycles. The van der Waals surface area contributed by atoms with Crippen LogP contribution in [0.15, 0.2) is 30.3 Å². The molecule has 0 aliphatic rings. The summed E-state index contributed by atoms with van der Waals surface area (Å²) in [6.07, 6.45) is 2.60. The first-order valence-corrected chi connectivity index (χ1v) is 6.25. The molecular formula is C12H15O3P. The summed E-state index contributed by atoms with van der Waals surface area (Å²) in [4.78, 5) is 0. The SMILES string of the molecule is CCOP(OC#Cc1ccccc1)OCC. The Hall–Kier alpha value is -1.07. The number of hydrogen-bond donors (Lipinski definition) is 0. The predicted octanol–water partition coefficient (Wildman–Crippen LogP) is 3.31. The highest BCUT2D eigenvalue weighted by molar-refractivity contribution is 7.41. The van der Waals surface area contributed by atoms with Crippen LogP contribution in [-0.2, 0) is 13.6 Å². The average molecular weight is 238 g/mol. The Morgan fingerprint density at radius 1 is 1.06 bits per heavy atom. The van der Waals surface area contributed by atoms with Crippen LogP contribution in [0.2, 0.25) is 0 Å². The Balaban J connectivity index is 2.45. The molecule has 0 aliphatic heterocycles. The lowest BCUT2D eigenvalue weighted by Crippen LogP contribution is -1.91. The van der Waals surface area contributed by atoms with Crippen molar-refractivity contribution < 1.29 is 13.6 Å². The minimum atomic E-state index is -1.33. The third-order valence-corrected chi connectivity index (χ3v) is 2.74. The third-order valence-electron chi connectivity index (χ3n) is 1.56. The van der Waals surface area contributed by atoms with E-state index in [9.17, 15) is 0 Å². The van der Waals surface area contributed by atoms with Gasteiger partial charge in [0.25, 0.3) is 0 Å². The maximum Gasteiger partial charge on any atom is 0.406 e. The summed E-state index contributed by atoms with van der Waals surface area (Å²) in [7, 11) is -1.33. The van der Waals surface area contributed by atoms with Gasteiger partial charge in [-0.1, -0.05) is 18.2 Å². The van der Waals surface area contributed by atoms with Crippen LogP contribution in [-0.4, -0.2) is 13.2 Å². The molecule has 0 spiro atoms. The van der Waals surface area contributed by atoms with E-state index in [0.717, 1.165) is 5.56 Å². The quantitative estimate of drug-likeness (QED) is 0.581. The summed E-state index contributed by atoms with van der Waals surface area (Å²) in [5, 5.41) is 0. The molecule has 3 nitrogen and oxygen atoms in total. The molecule has 4 heteroatoms. The molecule has 16 heavy (non-hydrogen) atoms. The van der Waals surface area contributed by atoms with Crippen LogP contribution in [0.1, 0.15) is 19.4 Å². The largest absolute Gasteiger partial charge is 0.406 e. The smallest absolute Gasteiger partial charge is 0.373 e. The van der Waals surface area contributed by atoms with Crippen molar-refractivity contribution in [2.45, 2.75) is 13.8 Å². The van der Waals surface area contributed by atoms with Gasteiger partial charge in [0.1, 0.15) is 6.11 Å². The number of hydrogen-bond acceptors (Lipinski definition) is 3. The summed E-state index contributed by atoms with van der Waals surface area (Å²) in [5.41, 5.74) is 0.908. The van der Waals surface area contributed by atoms with Gasteiger partial charge in [-0.15, -0.1) is 0 Å². The Morgan fingerprint density at radius 3 is 2.25 bits per heavy atom. The van der Waals surface area contributed by atoms with Gasteiger partial charge in [-0.3, -0.25) is 0 Å². The molecule has 0 atom stereocenters. The molecule has 0 fully saturated rings. The maximum atomic E-state index is 5.24. The lowest BCUT2D eigenvalue weighted by atomic mass is 10.2. The number of rotatable bonds is 5. The third kappa shape index (κ3) is 5.14. The zero-order chi connectivity index (χ0) is 11.6. The van der Waals surface area contributed by atoms with Gasteiger partial charge in [0.15, 0.2) is 0 Å². The van der Waals surface area contributed by atoms with E-state index in [1.807, 2.05) is 44.2 Å². The van der Waals surface area contributed by atoms with Crippen molar-refractivity contribution in [1.29, 1.82) is 0 Å². The van der Waals surface area contributed by atoms with Crippen molar-refractivity contribution in [3.63, 3.8) is 0 Å². The minimum absolute atomic E-state index is 0.554. The molecule has 0 saturated carbocycles. The summed E-state index contributed by atoms with van der Waals surface area (Å²) < 4.78 is 15.7. The second-order valence-electron chi connectivity index (χ2n) is 2.74. The van der Waals surface area contributed by atoms with Crippen molar-refractivity contribution in [3.8, 4) is 12.0 Å². The monoisotopic (exact) mass is 238 g/mol. The van der Waals surface area contributed by atoms with E-state index in [1.165, 1.54) is 0 Å². The fraction of sp³-hybridized carbons (Fsp3) is 0.333. The standard InChI is InChI=1S/C12H15O3P/c1-3-13-16(14-4-2)15-11-10-12-8-6-5-7-9-12/h5-9H,3-4H2,1-2H3. The van der Waals surface area contributed by atoms with Gasteiger partial charge in [-0.05, 0) is 31.9 Å². The molecule has 1 aromatic rings. The van der Waals surface area contributed by atoms with Gasteiger partial charge < -0.3 is 13.6 Å². The first-order valence-electron chi connectivity index (χ1n) is 5.15. The van der Waals surface area contributed by atoms with E-state index in [4.69, 9.17) is 13.6 Å². The van der Waals surface area contributed by atoms with Crippen molar-refractivity contribution in [2.75, 3.05) is 13.2 Å². The van der Waals surface area contributed by atoms with Crippen LogP contribution in [0, 0.1) is 12.0 Å². The summed E-state index contributed by atoms with van der Waals surface area (Å²) in [6, 6.07) is 9.63. The summed E-state index contributed by atoms with van der Waals surface area (Å²) in [5.74, 6) is 2.88. The molecule has 86 valence electrons. The van der Waals surface area contributed by atoms with Crippen molar-refractivity contribution in [3.05, 3.63) is 35.9 Å². The molecule has 0 heterocycles. The van der Waals surface area contributed by atoms with Crippen LogP contribution >= 0.6 is 8.60 Å². The molecule has 0 aromatic heterocycles. The van der Waals surface area contributed by atoms with Crippen molar-refractivity contribution in [1.82, 2.24) is 0 Å².